The number of nitrogens with one attached hydrogen (secondary N) is 1. The van der Waals surface area contributed by atoms with Gasteiger partial charge < -0.3 is 4.74 Å². The van der Waals surface area contributed by atoms with Crippen LogP contribution in [0.1, 0.15) is 33.1 Å². The van der Waals surface area contributed by atoms with Crippen molar-refractivity contribution in [2.75, 3.05) is 11.5 Å². The predicted molar refractivity (Wildman–Crippen MR) is 136 cm³/mol. The number of rotatable bonds is 8. The van der Waals surface area contributed by atoms with E-state index in [1.54, 1.807) is 12.1 Å². The zero-order valence-corrected chi connectivity index (χ0v) is 20.6. The van der Waals surface area contributed by atoms with Crippen LogP contribution in [0.15, 0.2) is 66.7 Å². The highest BCUT2D eigenvalue weighted by Crippen LogP contribution is 2.27. The van der Waals surface area contributed by atoms with E-state index in [4.69, 9.17) is 4.74 Å². The average Bonchev–Trinajstić information content (AvgIpc) is 3.20. The topological polar surface area (TPSA) is 96.0 Å². The molecule has 0 bridgehead atoms. The van der Waals surface area contributed by atoms with Crippen molar-refractivity contribution in [1.29, 1.82) is 0 Å². The highest BCUT2D eigenvalue weighted by Gasteiger charge is 2.45. The van der Waals surface area contributed by atoms with Crippen LogP contribution >= 0.6 is 0 Å². The van der Waals surface area contributed by atoms with Crippen molar-refractivity contribution in [3.05, 3.63) is 72.5 Å². The van der Waals surface area contributed by atoms with Crippen LogP contribution < -0.4 is 15.1 Å². The van der Waals surface area contributed by atoms with E-state index in [2.05, 4.69) is 5.43 Å². The normalized spacial score (nSPS) is 15.4. The van der Waals surface area contributed by atoms with Gasteiger partial charge >= 0.3 is 0 Å². The number of hydrogen-bond donors (Lipinski definition) is 1. The summed E-state index contributed by atoms with van der Waals surface area (Å²) in [6.45, 7) is 3.24. The van der Waals surface area contributed by atoms with Gasteiger partial charge in [0.15, 0.2) is 6.61 Å². The minimum Gasteiger partial charge on any atom is -0.483 e. The minimum absolute atomic E-state index is 0.185. The Morgan fingerprint density at radius 3 is 2.41 bits per heavy atom. The molecule has 1 N–H and O–H groups in total. The van der Waals surface area contributed by atoms with Crippen LogP contribution in [0.5, 0.6) is 5.75 Å². The van der Waals surface area contributed by atoms with Crippen molar-refractivity contribution in [2.24, 2.45) is 5.92 Å². The van der Waals surface area contributed by atoms with E-state index < -0.39 is 42.1 Å². The second kappa shape index (κ2) is 11.2. The lowest BCUT2D eigenvalue weighted by Gasteiger charge is -2.29. The number of anilines is 1. The Labute approximate surface area is 214 Å². The summed E-state index contributed by atoms with van der Waals surface area (Å²) >= 11 is 0. The molecule has 1 saturated heterocycles. The van der Waals surface area contributed by atoms with Gasteiger partial charge in [-0.1, -0.05) is 50.2 Å². The van der Waals surface area contributed by atoms with E-state index in [1.807, 2.05) is 44.2 Å². The largest absolute Gasteiger partial charge is 0.483 e. The van der Waals surface area contributed by atoms with Crippen LogP contribution in [-0.2, 0) is 19.2 Å². The van der Waals surface area contributed by atoms with E-state index >= 15 is 0 Å². The summed E-state index contributed by atoms with van der Waals surface area (Å²) in [6, 6.07) is 16.6. The van der Waals surface area contributed by atoms with Crippen molar-refractivity contribution in [3.63, 3.8) is 0 Å². The summed E-state index contributed by atoms with van der Waals surface area (Å²) < 4.78 is 19.2. The smallest absolute Gasteiger partial charge is 0.279 e. The lowest BCUT2D eigenvalue weighted by atomic mass is 10.0. The minimum atomic E-state index is -1.26. The van der Waals surface area contributed by atoms with Gasteiger partial charge in [-0.3, -0.25) is 24.6 Å². The summed E-state index contributed by atoms with van der Waals surface area (Å²) in [5.41, 5.74) is 2.76. The molecule has 1 fully saturated rings. The van der Waals surface area contributed by atoms with Crippen molar-refractivity contribution in [3.8, 4) is 5.75 Å². The van der Waals surface area contributed by atoms with Crippen molar-refractivity contribution in [2.45, 2.75) is 39.2 Å². The maximum absolute atomic E-state index is 13.4. The average molecular weight is 506 g/mol. The molecule has 0 saturated carbocycles. The fourth-order valence-electron chi connectivity index (χ4n) is 4.39. The number of hydrogen-bond acceptors (Lipinski definition) is 5. The molecule has 1 atom stereocenters. The van der Waals surface area contributed by atoms with Crippen molar-refractivity contribution >= 4 is 40.1 Å². The molecule has 3 aromatic carbocycles. The maximum Gasteiger partial charge on any atom is 0.279 e. The molecule has 9 heteroatoms. The van der Waals surface area contributed by atoms with Crippen molar-refractivity contribution in [1.82, 2.24) is 10.4 Å². The van der Waals surface area contributed by atoms with E-state index in [9.17, 15) is 23.6 Å². The number of imide groups is 1. The Kier molecular flexibility index (Phi) is 7.81. The van der Waals surface area contributed by atoms with Gasteiger partial charge in [-0.05, 0) is 48.6 Å². The number of fused-ring (bicyclic) bond motifs is 1. The molecule has 8 nitrogen and oxygen atoms in total. The number of halogens is 1. The zero-order valence-electron chi connectivity index (χ0n) is 20.6. The molecule has 1 heterocycles. The van der Waals surface area contributed by atoms with Gasteiger partial charge in [0.2, 0.25) is 11.8 Å². The van der Waals surface area contributed by atoms with Crippen LogP contribution in [0.25, 0.3) is 10.8 Å². The van der Waals surface area contributed by atoms with Gasteiger partial charge in [0.05, 0.1) is 12.1 Å². The van der Waals surface area contributed by atoms with Gasteiger partial charge in [-0.2, -0.15) is 0 Å². The Balaban J connectivity index is 1.59. The van der Waals surface area contributed by atoms with E-state index in [0.29, 0.717) is 18.6 Å². The zero-order chi connectivity index (χ0) is 26.5. The van der Waals surface area contributed by atoms with Crippen LogP contribution in [-0.4, -0.2) is 41.3 Å². The number of carbonyl (C=O) groups excluding carboxylic acids is 4. The monoisotopic (exact) mass is 505 g/mol. The quantitative estimate of drug-likeness (QED) is 0.369. The van der Waals surface area contributed by atoms with E-state index in [-0.39, 0.29) is 18.0 Å². The summed E-state index contributed by atoms with van der Waals surface area (Å²) in [6.07, 6.45) is 0.742. The summed E-state index contributed by atoms with van der Waals surface area (Å²) in [7, 11) is 0. The Morgan fingerprint density at radius 2 is 1.70 bits per heavy atom. The summed E-state index contributed by atoms with van der Waals surface area (Å²) in [4.78, 5) is 53.3. The fourth-order valence-corrected chi connectivity index (χ4v) is 4.39. The first kappa shape index (κ1) is 25.8. The summed E-state index contributed by atoms with van der Waals surface area (Å²) in [5.74, 6) is -2.79. The maximum atomic E-state index is 13.4. The molecule has 0 aliphatic carbocycles. The number of benzene rings is 3. The van der Waals surface area contributed by atoms with Crippen LogP contribution in [0, 0.1) is 11.7 Å². The third-order valence-electron chi connectivity index (χ3n) is 6.48. The van der Waals surface area contributed by atoms with Gasteiger partial charge in [0.1, 0.15) is 17.6 Å². The van der Waals surface area contributed by atoms with Crippen LogP contribution in [0.3, 0.4) is 0 Å². The Morgan fingerprint density at radius 1 is 1.03 bits per heavy atom. The number of hydrazine groups is 1. The molecule has 0 radical (unpaired) electrons. The standard InChI is InChI=1S/C28H28FN3O5/c1-3-18(4-2)27(35)30-32(23-16-25(33)31(28(23)36)21-14-12-20(29)13-15-21)26(34)17-37-24-11-7-9-19-8-5-6-10-22(19)24/h5-15,18,23H,3-4,16-17H2,1-2H3,(H,30,35). The number of ether oxygens (including phenoxy) is 1. The molecule has 1 aliphatic heterocycles. The second-order valence-electron chi connectivity index (χ2n) is 8.78. The third-order valence-corrected chi connectivity index (χ3v) is 6.48. The van der Waals surface area contributed by atoms with Gasteiger partial charge in [-0.25, -0.2) is 14.3 Å². The molecule has 0 spiro atoms. The lowest BCUT2D eigenvalue weighted by molar-refractivity contribution is -0.150. The molecule has 3 aromatic rings. The number of carbonyl (C=O) groups is 4. The molecule has 1 unspecified atom stereocenters. The first-order valence-electron chi connectivity index (χ1n) is 12.2. The van der Waals surface area contributed by atoms with Crippen LogP contribution in [0.4, 0.5) is 10.1 Å². The van der Waals surface area contributed by atoms with Crippen LogP contribution in [0.2, 0.25) is 0 Å². The van der Waals surface area contributed by atoms with Gasteiger partial charge in [0.25, 0.3) is 11.8 Å². The molecule has 4 rings (SSSR count). The fraction of sp³-hybridized carbons (Fsp3) is 0.286. The molecule has 0 aromatic heterocycles. The third kappa shape index (κ3) is 5.45. The molecular weight excluding hydrogens is 477 g/mol. The van der Waals surface area contributed by atoms with Gasteiger partial charge in [0, 0.05) is 11.3 Å². The number of nitrogens with zero attached hydrogens (tertiary/aromatic N) is 2. The second-order valence-corrected chi connectivity index (χ2v) is 8.78. The van der Waals surface area contributed by atoms with Gasteiger partial charge in [-0.15, -0.1) is 0 Å². The van der Waals surface area contributed by atoms with E-state index in [0.717, 1.165) is 32.8 Å². The lowest BCUT2D eigenvalue weighted by Crippen LogP contribution is -2.57. The Hall–Kier alpha value is -4.27. The van der Waals surface area contributed by atoms with E-state index in [1.165, 1.54) is 12.1 Å². The van der Waals surface area contributed by atoms with Crippen molar-refractivity contribution < 1.29 is 28.3 Å². The molecule has 4 amide bonds. The molecular formula is C28H28FN3O5. The first-order chi connectivity index (χ1) is 17.8. The Bertz CT molecular complexity index is 1320. The first-order valence-corrected chi connectivity index (χ1v) is 12.2. The molecule has 192 valence electrons. The highest BCUT2D eigenvalue weighted by atomic mass is 19.1. The molecule has 1 aliphatic rings. The molecule has 37 heavy (non-hydrogen) atoms. The predicted octanol–water partition coefficient (Wildman–Crippen LogP) is 3.99. The highest BCUT2D eigenvalue weighted by molar-refractivity contribution is 6.23. The number of amides is 4. The summed E-state index contributed by atoms with van der Waals surface area (Å²) in [5, 5.41) is 2.65. The SMILES string of the molecule is CCC(CC)C(=O)NN(C(=O)COc1cccc2ccccc12)C1CC(=O)N(c2ccc(F)cc2)C1=O.